The molecule has 3 aromatic rings. The van der Waals surface area contributed by atoms with Gasteiger partial charge in [0.1, 0.15) is 13.2 Å². The van der Waals surface area contributed by atoms with E-state index in [1.807, 2.05) is 66.7 Å². The first kappa shape index (κ1) is 23.2. The fraction of sp³-hybridized carbons (Fsp3) is 0.269. The molecule has 0 aliphatic rings. The SMILES string of the molecule is COc1cc(C(C(N)COC(N)=O)C(C)c2ccccc2)ccc1OCc1ccccc1. The van der Waals surface area contributed by atoms with Crippen molar-refractivity contribution in [3.63, 3.8) is 0 Å². The number of hydrogen-bond donors (Lipinski definition) is 2. The van der Waals surface area contributed by atoms with Gasteiger partial charge in [-0.15, -0.1) is 0 Å². The van der Waals surface area contributed by atoms with Crippen molar-refractivity contribution in [3.8, 4) is 11.5 Å². The number of hydrogen-bond acceptors (Lipinski definition) is 5. The molecule has 0 fully saturated rings. The van der Waals surface area contributed by atoms with Crippen LogP contribution in [0.5, 0.6) is 11.5 Å². The minimum absolute atomic E-state index is 0.0196. The van der Waals surface area contributed by atoms with Crippen LogP contribution in [0, 0.1) is 0 Å². The first-order valence-electron chi connectivity index (χ1n) is 10.6. The van der Waals surface area contributed by atoms with Crippen molar-refractivity contribution in [2.75, 3.05) is 13.7 Å². The molecule has 32 heavy (non-hydrogen) atoms. The number of carbonyl (C=O) groups is 1. The van der Waals surface area contributed by atoms with Crippen molar-refractivity contribution in [3.05, 3.63) is 95.6 Å². The quantitative estimate of drug-likeness (QED) is 0.487. The van der Waals surface area contributed by atoms with Crippen LogP contribution in [0.1, 0.15) is 35.4 Å². The van der Waals surface area contributed by atoms with Gasteiger partial charge in [0.25, 0.3) is 0 Å². The van der Waals surface area contributed by atoms with Gasteiger partial charge in [0.05, 0.1) is 7.11 Å². The third-order valence-corrected chi connectivity index (χ3v) is 5.55. The van der Waals surface area contributed by atoms with Crippen LogP contribution in [0.3, 0.4) is 0 Å². The van der Waals surface area contributed by atoms with Gasteiger partial charge in [0.2, 0.25) is 0 Å². The van der Waals surface area contributed by atoms with Crippen LogP contribution in [0.15, 0.2) is 78.9 Å². The number of ether oxygens (including phenoxy) is 3. The number of rotatable bonds is 10. The van der Waals surface area contributed by atoms with E-state index in [1.165, 1.54) is 0 Å². The Morgan fingerprint density at radius 3 is 2.19 bits per heavy atom. The zero-order chi connectivity index (χ0) is 22.9. The summed E-state index contributed by atoms with van der Waals surface area (Å²) in [5, 5.41) is 0. The molecule has 0 spiro atoms. The summed E-state index contributed by atoms with van der Waals surface area (Å²) in [4.78, 5) is 11.1. The van der Waals surface area contributed by atoms with Crippen molar-refractivity contribution in [2.45, 2.75) is 31.4 Å². The van der Waals surface area contributed by atoms with Crippen molar-refractivity contribution in [2.24, 2.45) is 11.5 Å². The molecule has 0 aromatic heterocycles. The van der Waals surface area contributed by atoms with Gasteiger partial charge >= 0.3 is 6.09 Å². The second-order valence-corrected chi connectivity index (χ2v) is 7.70. The third kappa shape index (κ3) is 6.02. The smallest absolute Gasteiger partial charge is 0.404 e. The number of amides is 1. The standard InChI is InChI=1S/C26H30N2O4/c1-18(20-11-7-4-8-12-20)25(22(27)17-32-26(28)29)21-13-14-23(24(15-21)30-2)31-16-19-9-5-3-6-10-19/h3-15,18,22,25H,16-17,27H2,1-2H3,(H2,28,29). The Morgan fingerprint density at radius 2 is 1.56 bits per heavy atom. The van der Waals surface area contributed by atoms with Crippen molar-refractivity contribution in [1.29, 1.82) is 0 Å². The molecule has 168 valence electrons. The predicted molar refractivity (Wildman–Crippen MR) is 125 cm³/mol. The lowest BCUT2D eigenvalue weighted by atomic mass is 9.78. The van der Waals surface area contributed by atoms with Crippen LogP contribution in [0.25, 0.3) is 0 Å². The fourth-order valence-corrected chi connectivity index (χ4v) is 3.90. The maximum Gasteiger partial charge on any atom is 0.404 e. The van der Waals surface area contributed by atoms with E-state index in [2.05, 4.69) is 19.1 Å². The van der Waals surface area contributed by atoms with Gasteiger partial charge in [-0.2, -0.15) is 0 Å². The molecule has 0 saturated carbocycles. The van der Waals surface area contributed by atoms with Gasteiger partial charge in [-0.1, -0.05) is 73.7 Å². The molecule has 0 bridgehead atoms. The van der Waals surface area contributed by atoms with Gasteiger partial charge in [0, 0.05) is 12.0 Å². The minimum Gasteiger partial charge on any atom is -0.493 e. The highest BCUT2D eigenvalue weighted by Crippen LogP contribution is 2.39. The predicted octanol–water partition coefficient (Wildman–Crippen LogP) is 4.58. The van der Waals surface area contributed by atoms with Crippen LogP contribution in [-0.2, 0) is 11.3 Å². The molecular weight excluding hydrogens is 404 g/mol. The highest BCUT2D eigenvalue weighted by atomic mass is 16.5. The van der Waals surface area contributed by atoms with E-state index in [4.69, 9.17) is 25.7 Å². The molecule has 3 rings (SSSR count). The Kier molecular flexibility index (Phi) is 8.11. The van der Waals surface area contributed by atoms with Crippen LogP contribution in [0.2, 0.25) is 0 Å². The fourth-order valence-electron chi connectivity index (χ4n) is 3.90. The minimum atomic E-state index is -0.839. The molecule has 3 aromatic carbocycles. The molecule has 3 atom stereocenters. The maximum atomic E-state index is 11.1. The average Bonchev–Trinajstić information content (AvgIpc) is 2.83. The van der Waals surface area contributed by atoms with E-state index in [0.717, 1.165) is 16.7 Å². The first-order valence-corrected chi connectivity index (χ1v) is 10.6. The summed E-state index contributed by atoms with van der Waals surface area (Å²) in [5.74, 6) is 1.18. The van der Waals surface area contributed by atoms with Gasteiger partial charge in [-0.3, -0.25) is 0 Å². The molecule has 6 nitrogen and oxygen atoms in total. The van der Waals surface area contributed by atoms with Crippen LogP contribution < -0.4 is 20.9 Å². The van der Waals surface area contributed by atoms with Gasteiger partial charge in [0.15, 0.2) is 11.5 Å². The van der Waals surface area contributed by atoms with E-state index in [0.29, 0.717) is 18.1 Å². The van der Waals surface area contributed by atoms with E-state index in [9.17, 15) is 4.79 Å². The maximum absolute atomic E-state index is 11.1. The first-order chi connectivity index (χ1) is 15.5. The number of carbonyl (C=O) groups excluding carboxylic acids is 1. The van der Waals surface area contributed by atoms with Crippen molar-refractivity contribution >= 4 is 6.09 Å². The van der Waals surface area contributed by atoms with E-state index in [-0.39, 0.29) is 18.4 Å². The highest BCUT2D eigenvalue weighted by molar-refractivity contribution is 5.64. The lowest BCUT2D eigenvalue weighted by molar-refractivity contribution is 0.143. The number of primary amides is 1. The number of methoxy groups -OCH3 is 1. The van der Waals surface area contributed by atoms with Crippen LogP contribution in [0.4, 0.5) is 4.79 Å². The Labute approximate surface area is 189 Å². The monoisotopic (exact) mass is 434 g/mol. The van der Waals surface area contributed by atoms with E-state index < -0.39 is 12.1 Å². The lowest BCUT2D eigenvalue weighted by Gasteiger charge is -2.30. The Morgan fingerprint density at radius 1 is 0.906 bits per heavy atom. The lowest BCUT2D eigenvalue weighted by Crippen LogP contribution is -2.37. The van der Waals surface area contributed by atoms with Gasteiger partial charge in [-0.25, -0.2) is 4.79 Å². The Bertz CT molecular complexity index is 995. The molecule has 0 heterocycles. The van der Waals surface area contributed by atoms with Crippen molar-refractivity contribution in [1.82, 2.24) is 0 Å². The third-order valence-electron chi connectivity index (χ3n) is 5.55. The average molecular weight is 435 g/mol. The summed E-state index contributed by atoms with van der Waals surface area (Å²) in [7, 11) is 1.61. The largest absolute Gasteiger partial charge is 0.493 e. The second kappa shape index (κ2) is 11.2. The summed E-state index contributed by atoms with van der Waals surface area (Å²) in [5.41, 5.74) is 14.8. The molecule has 1 amide bonds. The summed E-state index contributed by atoms with van der Waals surface area (Å²) in [6, 6.07) is 25.4. The summed E-state index contributed by atoms with van der Waals surface area (Å²) < 4.78 is 16.6. The molecule has 0 aliphatic carbocycles. The van der Waals surface area contributed by atoms with E-state index >= 15 is 0 Å². The van der Waals surface area contributed by atoms with Crippen molar-refractivity contribution < 1.29 is 19.0 Å². The molecule has 6 heteroatoms. The molecule has 0 radical (unpaired) electrons. The number of nitrogens with two attached hydrogens (primary N) is 2. The zero-order valence-corrected chi connectivity index (χ0v) is 18.4. The molecule has 0 aliphatic heterocycles. The second-order valence-electron chi connectivity index (χ2n) is 7.70. The van der Waals surface area contributed by atoms with E-state index in [1.54, 1.807) is 7.11 Å². The molecule has 0 saturated heterocycles. The summed E-state index contributed by atoms with van der Waals surface area (Å²) >= 11 is 0. The molecule has 3 unspecified atom stereocenters. The highest BCUT2D eigenvalue weighted by Gasteiger charge is 2.29. The molecule has 4 N–H and O–H groups in total. The van der Waals surface area contributed by atoms with Gasteiger partial charge < -0.3 is 25.7 Å². The van der Waals surface area contributed by atoms with Crippen LogP contribution >= 0.6 is 0 Å². The van der Waals surface area contributed by atoms with Gasteiger partial charge in [-0.05, 0) is 34.7 Å². The normalized spacial score (nSPS) is 13.6. The topological polar surface area (TPSA) is 96.8 Å². The Balaban J connectivity index is 1.88. The van der Waals surface area contributed by atoms with Crippen LogP contribution in [-0.4, -0.2) is 25.9 Å². The zero-order valence-electron chi connectivity index (χ0n) is 18.4. The number of benzene rings is 3. The summed E-state index contributed by atoms with van der Waals surface area (Å²) in [6.07, 6.45) is -0.839. The Hall–Kier alpha value is -3.51. The summed E-state index contributed by atoms with van der Waals surface area (Å²) in [6.45, 7) is 2.56. The molecular formula is C26H30N2O4.